The van der Waals surface area contributed by atoms with Crippen molar-refractivity contribution in [3.8, 4) is 0 Å². The number of hydrogen-bond donors (Lipinski definition) is 1. The average Bonchev–Trinajstić information content (AvgIpc) is 2.14. The summed E-state index contributed by atoms with van der Waals surface area (Å²) in [5.74, 6) is -0.113. The van der Waals surface area contributed by atoms with Gasteiger partial charge in [-0.2, -0.15) is 0 Å². The van der Waals surface area contributed by atoms with Crippen LogP contribution in [0.4, 0.5) is 0 Å². The second-order valence-electron chi connectivity index (χ2n) is 5.31. The first-order valence-electron chi connectivity index (χ1n) is 6.49. The molecule has 0 bridgehead atoms. The zero-order valence-electron chi connectivity index (χ0n) is 12.2. The summed E-state index contributed by atoms with van der Waals surface area (Å²) in [6.45, 7) is 9.92. The van der Waals surface area contributed by atoms with E-state index in [2.05, 4.69) is 19.9 Å². The molecule has 0 spiro atoms. The fourth-order valence-electron chi connectivity index (χ4n) is 1.47. The zero-order chi connectivity index (χ0) is 14.1. The van der Waals surface area contributed by atoms with Crippen molar-refractivity contribution in [2.45, 2.75) is 60.2 Å². The van der Waals surface area contributed by atoms with Gasteiger partial charge in [-0.1, -0.05) is 31.1 Å². The first-order chi connectivity index (χ1) is 8.31. The lowest BCUT2D eigenvalue weighted by Gasteiger charge is -2.10. The standard InChI is InChI=1S/C15H26O3/c1-11(2)7-6-8-13(5)10-15(17)18-14(16)9-12(3)4/h7,10,12,15,17H,6,8-9H2,1-5H3/b13-10+. The van der Waals surface area contributed by atoms with Crippen molar-refractivity contribution in [1.29, 1.82) is 0 Å². The van der Waals surface area contributed by atoms with Crippen molar-refractivity contribution in [2.75, 3.05) is 0 Å². The van der Waals surface area contributed by atoms with Gasteiger partial charge in [0.05, 0.1) is 0 Å². The molecule has 0 aliphatic heterocycles. The molecule has 0 rings (SSSR count). The Labute approximate surface area is 111 Å². The Balaban J connectivity index is 4.07. The van der Waals surface area contributed by atoms with Gasteiger partial charge >= 0.3 is 5.97 Å². The molecular formula is C15H26O3. The Morgan fingerprint density at radius 3 is 2.39 bits per heavy atom. The number of aliphatic hydroxyl groups is 1. The summed E-state index contributed by atoms with van der Waals surface area (Å²) < 4.78 is 4.88. The molecule has 0 saturated carbocycles. The van der Waals surface area contributed by atoms with Gasteiger partial charge in [0.1, 0.15) is 0 Å². The molecule has 0 amide bonds. The molecule has 0 aromatic heterocycles. The van der Waals surface area contributed by atoms with E-state index in [-0.39, 0.29) is 11.9 Å². The predicted octanol–water partition coefficient (Wildman–Crippen LogP) is 3.59. The largest absolute Gasteiger partial charge is 0.432 e. The van der Waals surface area contributed by atoms with E-state index in [9.17, 15) is 9.90 Å². The summed E-state index contributed by atoms with van der Waals surface area (Å²) in [6, 6.07) is 0. The first-order valence-corrected chi connectivity index (χ1v) is 6.49. The molecule has 1 unspecified atom stereocenters. The highest BCUT2D eigenvalue weighted by Crippen LogP contribution is 2.09. The zero-order valence-corrected chi connectivity index (χ0v) is 12.2. The van der Waals surface area contributed by atoms with Crippen LogP contribution in [-0.4, -0.2) is 17.4 Å². The topological polar surface area (TPSA) is 46.5 Å². The van der Waals surface area contributed by atoms with E-state index in [1.807, 2.05) is 20.8 Å². The van der Waals surface area contributed by atoms with Crippen LogP contribution in [0.1, 0.15) is 53.9 Å². The van der Waals surface area contributed by atoms with E-state index < -0.39 is 6.29 Å². The molecule has 104 valence electrons. The highest BCUT2D eigenvalue weighted by Gasteiger charge is 2.10. The number of aliphatic hydroxyl groups excluding tert-OH is 1. The maximum Gasteiger partial charge on any atom is 0.308 e. The summed E-state index contributed by atoms with van der Waals surface area (Å²) in [7, 11) is 0. The van der Waals surface area contributed by atoms with E-state index >= 15 is 0 Å². The smallest absolute Gasteiger partial charge is 0.308 e. The van der Waals surface area contributed by atoms with Crippen molar-refractivity contribution in [2.24, 2.45) is 5.92 Å². The SMILES string of the molecule is CC(C)=CCC/C(C)=C/C(O)OC(=O)CC(C)C. The first kappa shape index (κ1) is 16.9. The van der Waals surface area contributed by atoms with Crippen LogP contribution in [0.3, 0.4) is 0 Å². The lowest BCUT2D eigenvalue weighted by Crippen LogP contribution is -2.17. The fourth-order valence-corrected chi connectivity index (χ4v) is 1.47. The van der Waals surface area contributed by atoms with Crippen molar-refractivity contribution in [1.82, 2.24) is 0 Å². The molecule has 0 aromatic rings. The van der Waals surface area contributed by atoms with Crippen molar-refractivity contribution < 1.29 is 14.6 Å². The number of ether oxygens (including phenoxy) is 1. The number of esters is 1. The summed E-state index contributed by atoms with van der Waals surface area (Å²) in [6.07, 6.45) is 4.76. The van der Waals surface area contributed by atoms with Crippen LogP contribution in [0.25, 0.3) is 0 Å². The Bertz CT molecular complexity index is 310. The maximum absolute atomic E-state index is 11.3. The van der Waals surface area contributed by atoms with Gasteiger partial charge in [-0.25, -0.2) is 0 Å². The van der Waals surface area contributed by atoms with Crippen LogP contribution in [0, 0.1) is 5.92 Å². The minimum Gasteiger partial charge on any atom is -0.432 e. The van der Waals surface area contributed by atoms with Crippen LogP contribution < -0.4 is 0 Å². The molecule has 0 heterocycles. The Morgan fingerprint density at radius 1 is 1.28 bits per heavy atom. The molecule has 0 fully saturated rings. The summed E-state index contributed by atoms with van der Waals surface area (Å²) in [5, 5.41) is 9.58. The molecule has 1 atom stereocenters. The molecule has 0 aliphatic carbocycles. The summed E-state index contributed by atoms with van der Waals surface area (Å²) in [5.41, 5.74) is 2.31. The molecule has 0 aromatic carbocycles. The van der Waals surface area contributed by atoms with Gasteiger partial charge in [0.15, 0.2) is 0 Å². The van der Waals surface area contributed by atoms with Crippen molar-refractivity contribution >= 4 is 5.97 Å². The van der Waals surface area contributed by atoms with Crippen molar-refractivity contribution in [3.63, 3.8) is 0 Å². The summed E-state index contributed by atoms with van der Waals surface area (Å²) >= 11 is 0. The van der Waals surface area contributed by atoms with Crippen LogP contribution in [0.5, 0.6) is 0 Å². The number of carbonyl (C=O) groups excluding carboxylic acids is 1. The van der Waals surface area contributed by atoms with Crippen LogP contribution in [0.2, 0.25) is 0 Å². The van der Waals surface area contributed by atoms with Gasteiger partial charge in [0.2, 0.25) is 6.29 Å². The minimum absolute atomic E-state index is 0.243. The van der Waals surface area contributed by atoms with Crippen molar-refractivity contribution in [3.05, 3.63) is 23.3 Å². The molecule has 18 heavy (non-hydrogen) atoms. The Hall–Kier alpha value is -1.09. The van der Waals surface area contributed by atoms with Crippen LogP contribution in [-0.2, 0) is 9.53 Å². The van der Waals surface area contributed by atoms with Gasteiger partial charge in [-0.05, 0) is 45.6 Å². The van der Waals surface area contributed by atoms with E-state index in [1.165, 1.54) is 5.57 Å². The molecule has 3 heteroatoms. The van der Waals surface area contributed by atoms with E-state index in [0.29, 0.717) is 6.42 Å². The lowest BCUT2D eigenvalue weighted by atomic mass is 10.1. The molecule has 3 nitrogen and oxygen atoms in total. The molecular weight excluding hydrogens is 228 g/mol. The molecule has 1 N–H and O–H groups in total. The summed E-state index contributed by atoms with van der Waals surface area (Å²) in [4.78, 5) is 11.3. The Kier molecular flexibility index (Phi) is 8.38. The van der Waals surface area contributed by atoms with Gasteiger partial charge in [0, 0.05) is 6.42 Å². The second-order valence-corrected chi connectivity index (χ2v) is 5.31. The number of allylic oxidation sites excluding steroid dienone is 3. The quantitative estimate of drug-likeness (QED) is 0.429. The van der Waals surface area contributed by atoms with Crippen LogP contribution in [0.15, 0.2) is 23.3 Å². The average molecular weight is 254 g/mol. The third-order valence-electron chi connectivity index (χ3n) is 2.35. The predicted molar refractivity (Wildman–Crippen MR) is 74.0 cm³/mol. The number of hydrogen-bond acceptors (Lipinski definition) is 3. The highest BCUT2D eigenvalue weighted by molar-refractivity contribution is 5.69. The van der Waals surface area contributed by atoms with Gasteiger partial charge in [0.25, 0.3) is 0 Å². The number of rotatable bonds is 7. The monoisotopic (exact) mass is 254 g/mol. The normalized spacial score (nSPS) is 13.4. The molecule has 0 aliphatic rings. The third kappa shape index (κ3) is 10.1. The lowest BCUT2D eigenvalue weighted by molar-refractivity contribution is -0.161. The van der Waals surface area contributed by atoms with Crippen LogP contribution >= 0.6 is 0 Å². The minimum atomic E-state index is -1.12. The number of carbonyl (C=O) groups is 1. The van der Waals surface area contributed by atoms with E-state index in [4.69, 9.17) is 4.74 Å². The van der Waals surface area contributed by atoms with Gasteiger partial charge in [-0.3, -0.25) is 4.79 Å². The van der Waals surface area contributed by atoms with E-state index in [0.717, 1.165) is 18.4 Å². The molecule has 0 saturated heterocycles. The second kappa shape index (κ2) is 8.92. The van der Waals surface area contributed by atoms with E-state index in [1.54, 1.807) is 6.08 Å². The maximum atomic E-state index is 11.3. The van der Waals surface area contributed by atoms with Gasteiger partial charge < -0.3 is 9.84 Å². The highest BCUT2D eigenvalue weighted by atomic mass is 16.6. The third-order valence-corrected chi connectivity index (χ3v) is 2.35. The van der Waals surface area contributed by atoms with Gasteiger partial charge in [-0.15, -0.1) is 0 Å². The molecule has 0 radical (unpaired) electrons. The Morgan fingerprint density at radius 2 is 1.89 bits per heavy atom. The fraction of sp³-hybridized carbons (Fsp3) is 0.667.